The summed E-state index contributed by atoms with van der Waals surface area (Å²) in [5.41, 5.74) is 3.47. The maximum absolute atomic E-state index is 12.2. The lowest BCUT2D eigenvalue weighted by atomic mass is 10.2. The lowest BCUT2D eigenvalue weighted by Gasteiger charge is -2.20. The predicted molar refractivity (Wildman–Crippen MR) is 124 cm³/mol. The number of nitrogens with zero attached hydrogens (tertiary/aromatic N) is 3. The van der Waals surface area contributed by atoms with Crippen LogP contribution in [0, 0.1) is 13.8 Å². The first-order valence-corrected chi connectivity index (χ1v) is 10.1. The monoisotopic (exact) mass is 404 g/mol. The molecule has 0 bridgehead atoms. The van der Waals surface area contributed by atoms with E-state index in [2.05, 4.69) is 44.7 Å². The summed E-state index contributed by atoms with van der Waals surface area (Å²) < 4.78 is 0. The van der Waals surface area contributed by atoms with Gasteiger partial charge in [-0.25, -0.2) is 14.8 Å². The van der Waals surface area contributed by atoms with Crippen molar-refractivity contribution in [3.05, 3.63) is 66.0 Å². The maximum atomic E-state index is 12.2. The van der Waals surface area contributed by atoms with Gasteiger partial charge in [0.25, 0.3) is 0 Å². The Labute approximate surface area is 177 Å². The van der Waals surface area contributed by atoms with Crippen LogP contribution in [0.4, 0.5) is 33.5 Å². The largest absolute Gasteiger partial charge is 0.357 e. The van der Waals surface area contributed by atoms with E-state index in [0.717, 1.165) is 41.7 Å². The van der Waals surface area contributed by atoms with Crippen LogP contribution in [-0.2, 0) is 0 Å². The topological polar surface area (TPSA) is 82.2 Å². The minimum Gasteiger partial charge on any atom is -0.357 e. The molecule has 3 N–H and O–H groups in total. The molecule has 1 heterocycles. The molecule has 0 aliphatic carbocycles. The molecule has 7 heteroatoms. The van der Waals surface area contributed by atoms with Crippen LogP contribution in [0.2, 0.25) is 0 Å². The minimum absolute atomic E-state index is 0.283. The lowest BCUT2D eigenvalue weighted by Crippen LogP contribution is -2.23. The number of carbonyl (C=O) groups excluding carboxylic acids is 1. The van der Waals surface area contributed by atoms with Crippen molar-refractivity contribution in [2.75, 3.05) is 33.9 Å². The van der Waals surface area contributed by atoms with Crippen molar-refractivity contribution in [1.29, 1.82) is 0 Å². The molecule has 0 unspecified atom stereocenters. The molecule has 2 aromatic carbocycles. The summed E-state index contributed by atoms with van der Waals surface area (Å²) in [6.45, 7) is 9.88. The van der Waals surface area contributed by atoms with Crippen LogP contribution in [0.3, 0.4) is 0 Å². The molecule has 0 aliphatic rings. The summed E-state index contributed by atoms with van der Waals surface area (Å²) in [5.74, 6) is 2.36. The van der Waals surface area contributed by atoms with E-state index in [-0.39, 0.29) is 6.03 Å². The van der Waals surface area contributed by atoms with Crippen molar-refractivity contribution in [3.8, 4) is 0 Å². The Balaban J connectivity index is 1.63. The number of urea groups is 1. The van der Waals surface area contributed by atoms with E-state index in [4.69, 9.17) is 0 Å². The van der Waals surface area contributed by atoms with Gasteiger partial charge >= 0.3 is 6.03 Å². The molecule has 3 rings (SSSR count). The molecular formula is C23H28N6O. The van der Waals surface area contributed by atoms with Crippen LogP contribution in [0.15, 0.2) is 54.6 Å². The molecule has 0 aliphatic heterocycles. The second-order valence-electron chi connectivity index (χ2n) is 6.98. The number of nitrogens with one attached hydrogen (secondary N) is 3. The van der Waals surface area contributed by atoms with Crippen LogP contribution in [0.5, 0.6) is 0 Å². The zero-order valence-corrected chi connectivity index (χ0v) is 17.9. The maximum Gasteiger partial charge on any atom is 0.323 e. The number of amides is 2. The number of aromatic nitrogens is 2. The first kappa shape index (κ1) is 21.1. The Hall–Kier alpha value is -3.61. The Kier molecular flexibility index (Phi) is 6.85. The van der Waals surface area contributed by atoms with Crippen molar-refractivity contribution >= 4 is 34.7 Å². The standard InChI is InChI=1S/C23H28N6O/c1-5-29(6-2)22-15-21(24-17(4)25-22)26-18-11-13-20(14-12-18)28-23(30)27-19-9-7-16(3)8-10-19/h7-15H,5-6H2,1-4H3,(H,24,25,26)(H2,27,28,30). The number of rotatable bonds is 7. The summed E-state index contributed by atoms with van der Waals surface area (Å²) in [6.07, 6.45) is 0. The molecule has 3 aromatic rings. The van der Waals surface area contributed by atoms with Crippen LogP contribution >= 0.6 is 0 Å². The average Bonchev–Trinajstić information content (AvgIpc) is 2.72. The van der Waals surface area contributed by atoms with E-state index in [1.54, 1.807) is 0 Å². The van der Waals surface area contributed by atoms with Gasteiger partial charge in [-0.1, -0.05) is 17.7 Å². The Morgan fingerprint density at radius 2 is 1.37 bits per heavy atom. The van der Waals surface area contributed by atoms with E-state index < -0.39 is 0 Å². The summed E-state index contributed by atoms with van der Waals surface area (Å²) in [5, 5.41) is 8.96. The van der Waals surface area contributed by atoms with Crippen molar-refractivity contribution < 1.29 is 4.79 Å². The third-order valence-corrected chi connectivity index (χ3v) is 4.64. The molecule has 0 saturated heterocycles. The fourth-order valence-corrected chi connectivity index (χ4v) is 3.04. The minimum atomic E-state index is -0.283. The van der Waals surface area contributed by atoms with Gasteiger partial charge in [-0.15, -0.1) is 0 Å². The first-order valence-electron chi connectivity index (χ1n) is 10.1. The molecule has 156 valence electrons. The highest BCUT2D eigenvalue weighted by molar-refractivity contribution is 5.99. The third kappa shape index (κ3) is 5.70. The summed E-state index contributed by atoms with van der Waals surface area (Å²) in [7, 11) is 0. The van der Waals surface area contributed by atoms with Gasteiger partial charge in [0.1, 0.15) is 17.5 Å². The molecule has 0 atom stereocenters. The average molecular weight is 405 g/mol. The Bertz CT molecular complexity index is 982. The highest BCUT2D eigenvalue weighted by atomic mass is 16.2. The second kappa shape index (κ2) is 9.73. The summed E-state index contributed by atoms with van der Waals surface area (Å²) in [4.78, 5) is 23.4. The number of hydrogen-bond acceptors (Lipinski definition) is 5. The van der Waals surface area contributed by atoms with Crippen molar-refractivity contribution in [2.45, 2.75) is 27.7 Å². The van der Waals surface area contributed by atoms with E-state index in [0.29, 0.717) is 11.5 Å². The van der Waals surface area contributed by atoms with E-state index >= 15 is 0 Å². The molecule has 7 nitrogen and oxygen atoms in total. The van der Waals surface area contributed by atoms with Crippen LogP contribution < -0.4 is 20.9 Å². The van der Waals surface area contributed by atoms with Gasteiger partial charge in [-0.2, -0.15) is 0 Å². The quantitative estimate of drug-likeness (QED) is 0.496. The Morgan fingerprint density at radius 3 is 1.93 bits per heavy atom. The number of carbonyl (C=O) groups is 1. The second-order valence-corrected chi connectivity index (χ2v) is 6.98. The van der Waals surface area contributed by atoms with Crippen LogP contribution in [-0.4, -0.2) is 29.1 Å². The first-order chi connectivity index (χ1) is 14.5. The van der Waals surface area contributed by atoms with Gasteiger partial charge in [0.2, 0.25) is 0 Å². The SMILES string of the molecule is CCN(CC)c1cc(Nc2ccc(NC(=O)Nc3ccc(C)cc3)cc2)nc(C)n1. The molecule has 0 spiro atoms. The summed E-state index contributed by atoms with van der Waals surface area (Å²) in [6, 6.07) is 16.8. The molecule has 2 amide bonds. The smallest absolute Gasteiger partial charge is 0.323 e. The van der Waals surface area contributed by atoms with Gasteiger partial charge in [0.15, 0.2) is 0 Å². The molecule has 0 fully saturated rings. The Morgan fingerprint density at radius 1 is 0.833 bits per heavy atom. The number of benzene rings is 2. The zero-order chi connectivity index (χ0) is 21.5. The van der Waals surface area contributed by atoms with Gasteiger partial charge < -0.3 is 20.9 Å². The fourth-order valence-electron chi connectivity index (χ4n) is 3.04. The van der Waals surface area contributed by atoms with E-state index in [1.165, 1.54) is 0 Å². The molecular weight excluding hydrogens is 376 g/mol. The number of hydrogen-bond donors (Lipinski definition) is 3. The van der Waals surface area contributed by atoms with Gasteiger partial charge in [0.05, 0.1) is 0 Å². The van der Waals surface area contributed by atoms with Gasteiger partial charge in [0, 0.05) is 36.2 Å². The van der Waals surface area contributed by atoms with Gasteiger partial charge in [-0.05, 0) is 64.1 Å². The summed E-state index contributed by atoms with van der Waals surface area (Å²) >= 11 is 0. The van der Waals surface area contributed by atoms with E-state index in [1.807, 2.05) is 68.4 Å². The van der Waals surface area contributed by atoms with Crippen molar-refractivity contribution in [3.63, 3.8) is 0 Å². The van der Waals surface area contributed by atoms with Gasteiger partial charge in [-0.3, -0.25) is 0 Å². The highest BCUT2D eigenvalue weighted by Crippen LogP contribution is 2.21. The zero-order valence-electron chi connectivity index (χ0n) is 17.9. The molecule has 0 saturated carbocycles. The normalized spacial score (nSPS) is 10.4. The molecule has 30 heavy (non-hydrogen) atoms. The van der Waals surface area contributed by atoms with Crippen LogP contribution in [0.25, 0.3) is 0 Å². The fraction of sp³-hybridized carbons (Fsp3) is 0.261. The number of aryl methyl sites for hydroxylation is 2. The highest BCUT2D eigenvalue weighted by Gasteiger charge is 2.08. The molecule has 1 aromatic heterocycles. The van der Waals surface area contributed by atoms with Crippen molar-refractivity contribution in [2.24, 2.45) is 0 Å². The molecule has 0 radical (unpaired) electrons. The lowest BCUT2D eigenvalue weighted by molar-refractivity contribution is 0.262. The third-order valence-electron chi connectivity index (χ3n) is 4.64. The van der Waals surface area contributed by atoms with E-state index in [9.17, 15) is 4.79 Å². The predicted octanol–water partition coefficient (Wildman–Crippen LogP) is 5.33. The van der Waals surface area contributed by atoms with Crippen molar-refractivity contribution in [1.82, 2.24) is 9.97 Å². The number of anilines is 5. The van der Waals surface area contributed by atoms with Crippen LogP contribution in [0.1, 0.15) is 25.2 Å².